The van der Waals surface area contributed by atoms with Crippen molar-refractivity contribution < 1.29 is 19.4 Å². The van der Waals surface area contributed by atoms with Crippen molar-refractivity contribution in [3.63, 3.8) is 0 Å². The first kappa shape index (κ1) is 15.5. The molecule has 6 heteroatoms. The Labute approximate surface area is 123 Å². The maximum Gasteiger partial charge on any atom is 0.337 e. The third kappa shape index (κ3) is 3.59. The van der Waals surface area contributed by atoms with E-state index in [2.05, 4.69) is 10.6 Å². The van der Waals surface area contributed by atoms with E-state index in [9.17, 15) is 14.7 Å². The summed E-state index contributed by atoms with van der Waals surface area (Å²) in [6.45, 7) is 5.37. The monoisotopic (exact) mass is 292 g/mol. The first-order chi connectivity index (χ1) is 10.0. The van der Waals surface area contributed by atoms with Crippen LogP contribution >= 0.6 is 0 Å². The summed E-state index contributed by atoms with van der Waals surface area (Å²) >= 11 is 0. The Hall–Kier alpha value is -1.92. The molecule has 1 aliphatic heterocycles. The lowest BCUT2D eigenvalue weighted by molar-refractivity contribution is -0.120. The van der Waals surface area contributed by atoms with E-state index >= 15 is 0 Å². The van der Waals surface area contributed by atoms with Gasteiger partial charge in [0, 0.05) is 6.04 Å². The normalized spacial score (nSPS) is 21.2. The molecule has 0 aromatic heterocycles. The lowest BCUT2D eigenvalue weighted by Gasteiger charge is -2.18. The van der Waals surface area contributed by atoms with E-state index in [1.54, 1.807) is 18.2 Å². The number of amides is 1. The summed E-state index contributed by atoms with van der Waals surface area (Å²) in [6.07, 6.45) is 0. The van der Waals surface area contributed by atoms with Gasteiger partial charge >= 0.3 is 5.97 Å². The van der Waals surface area contributed by atoms with Crippen molar-refractivity contribution in [1.82, 2.24) is 5.32 Å². The van der Waals surface area contributed by atoms with E-state index in [0.717, 1.165) is 12.1 Å². The van der Waals surface area contributed by atoms with E-state index in [-0.39, 0.29) is 23.4 Å². The number of aryl methyl sites for hydroxylation is 1. The average molecular weight is 292 g/mol. The van der Waals surface area contributed by atoms with Crippen LogP contribution in [0.25, 0.3) is 0 Å². The molecule has 1 aromatic carbocycles. The van der Waals surface area contributed by atoms with Crippen LogP contribution in [-0.4, -0.2) is 42.8 Å². The number of hydrogen-bond donors (Lipinski definition) is 3. The van der Waals surface area contributed by atoms with Gasteiger partial charge in [-0.1, -0.05) is 18.6 Å². The molecule has 1 saturated heterocycles. The standard InChI is InChI=1S/C15H20N2O4/c1-3-16-13-8-21-7-11(13)14(18)17-12-5-4-9(2)6-10(12)15(19)20/h4-6,11,13,16H,3,7-8H2,1-2H3,(H,17,18)(H,19,20). The molecule has 2 rings (SSSR count). The second-order valence-electron chi connectivity index (χ2n) is 5.15. The third-order valence-corrected chi connectivity index (χ3v) is 3.55. The fraction of sp³-hybridized carbons (Fsp3) is 0.467. The summed E-state index contributed by atoms with van der Waals surface area (Å²) in [7, 11) is 0. The molecule has 21 heavy (non-hydrogen) atoms. The van der Waals surface area contributed by atoms with Crippen molar-refractivity contribution in [2.75, 3.05) is 25.1 Å². The number of carboxylic acid groups (broad SMARTS) is 1. The molecule has 0 aliphatic carbocycles. The molecule has 1 amide bonds. The third-order valence-electron chi connectivity index (χ3n) is 3.55. The number of aromatic carboxylic acids is 1. The molecule has 0 bridgehead atoms. The van der Waals surface area contributed by atoms with Crippen LogP contribution in [0.3, 0.4) is 0 Å². The first-order valence-corrected chi connectivity index (χ1v) is 6.99. The average Bonchev–Trinajstić information content (AvgIpc) is 2.89. The highest BCUT2D eigenvalue weighted by atomic mass is 16.5. The Morgan fingerprint density at radius 2 is 2.14 bits per heavy atom. The number of hydrogen-bond acceptors (Lipinski definition) is 4. The van der Waals surface area contributed by atoms with Gasteiger partial charge in [0.15, 0.2) is 0 Å². The number of rotatable bonds is 5. The number of carbonyl (C=O) groups is 2. The summed E-state index contributed by atoms with van der Waals surface area (Å²) in [4.78, 5) is 23.6. The molecule has 0 spiro atoms. The molecule has 0 radical (unpaired) electrons. The zero-order chi connectivity index (χ0) is 15.4. The van der Waals surface area contributed by atoms with Gasteiger partial charge in [0.05, 0.1) is 30.4 Å². The zero-order valence-corrected chi connectivity index (χ0v) is 12.2. The highest BCUT2D eigenvalue weighted by molar-refractivity contribution is 6.01. The van der Waals surface area contributed by atoms with E-state index in [1.807, 2.05) is 13.8 Å². The molecule has 2 atom stereocenters. The van der Waals surface area contributed by atoms with Gasteiger partial charge in [-0.3, -0.25) is 4.79 Å². The quantitative estimate of drug-likeness (QED) is 0.760. The molecule has 1 aliphatic rings. The van der Waals surface area contributed by atoms with Crippen LogP contribution in [0.15, 0.2) is 18.2 Å². The predicted octanol–water partition coefficient (Wildman–Crippen LogP) is 1.26. The Kier molecular flexibility index (Phi) is 4.93. The van der Waals surface area contributed by atoms with E-state index in [4.69, 9.17) is 4.74 Å². The maximum absolute atomic E-state index is 12.3. The van der Waals surface area contributed by atoms with Crippen LogP contribution in [-0.2, 0) is 9.53 Å². The van der Waals surface area contributed by atoms with Crippen molar-refractivity contribution in [1.29, 1.82) is 0 Å². The lowest BCUT2D eigenvalue weighted by Crippen LogP contribution is -2.41. The van der Waals surface area contributed by atoms with Crippen molar-refractivity contribution in [3.05, 3.63) is 29.3 Å². The van der Waals surface area contributed by atoms with Crippen LogP contribution < -0.4 is 10.6 Å². The van der Waals surface area contributed by atoms with E-state index in [0.29, 0.717) is 18.9 Å². The van der Waals surface area contributed by atoms with Crippen molar-refractivity contribution in [2.24, 2.45) is 5.92 Å². The van der Waals surface area contributed by atoms with Crippen molar-refractivity contribution in [2.45, 2.75) is 19.9 Å². The second kappa shape index (κ2) is 6.69. The topological polar surface area (TPSA) is 87.7 Å². The molecular formula is C15H20N2O4. The molecule has 6 nitrogen and oxygen atoms in total. The number of likely N-dealkylation sites (N-methyl/N-ethyl adjacent to an activating group) is 1. The molecule has 3 N–H and O–H groups in total. The summed E-state index contributed by atoms with van der Waals surface area (Å²) in [5.74, 6) is -1.59. The van der Waals surface area contributed by atoms with Crippen LogP contribution in [0.4, 0.5) is 5.69 Å². The highest BCUT2D eigenvalue weighted by Gasteiger charge is 2.33. The maximum atomic E-state index is 12.3. The first-order valence-electron chi connectivity index (χ1n) is 6.99. The molecule has 2 unspecified atom stereocenters. The summed E-state index contributed by atoms with van der Waals surface area (Å²) in [5.41, 5.74) is 1.25. The Balaban J connectivity index is 2.14. The van der Waals surface area contributed by atoms with Crippen molar-refractivity contribution in [3.8, 4) is 0 Å². The van der Waals surface area contributed by atoms with Gasteiger partial charge < -0.3 is 20.5 Å². The van der Waals surface area contributed by atoms with Crippen molar-refractivity contribution >= 4 is 17.6 Å². The van der Waals surface area contributed by atoms with Gasteiger partial charge in [-0.25, -0.2) is 4.79 Å². The van der Waals surface area contributed by atoms with Gasteiger partial charge in [-0.2, -0.15) is 0 Å². The van der Waals surface area contributed by atoms with Gasteiger partial charge in [0.2, 0.25) is 5.91 Å². The minimum Gasteiger partial charge on any atom is -0.478 e. The Morgan fingerprint density at radius 1 is 1.38 bits per heavy atom. The van der Waals surface area contributed by atoms with Gasteiger partial charge in [0.25, 0.3) is 0 Å². The molecule has 114 valence electrons. The lowest BCUT2D eigenvalue weighted by atomic mass is 10.0. The second-order valence-corrected chi connectivity index (χ2v) is 5.15. The minimum absolute atomic E-state index is 0.0336. The number of anilines is 1. The summed E-state index contributed by atoms with van der Waals surface area (Å²) in [5, 5.41) is 15.1. The number of ether oxygens (including phenoxy) is 1. The van der Waals surface area contributed by atoms with Gasteiger partial charge in [-0.15, -0.1) is 0 Å². The minimum atomic E-state index is -1.06. The number of benzene rings is 1. The number of carboxylic acids is 1. The molecule has 0 saturated carbocycles. The fourth-order valence-corrected chi connectivity index (χ4v) is 2.45. The largest absolute Gasteiger partial charge is 0.478 e. The van der Waals surface area contributed by atoms with Gasteiger partial charge in [0.1, 0.15) is 0 Å². The highest BCUT2D eigenvalue weighted by Crippen LogP contribution is 2.21. The smallest absolute Gasteiger partial charge is 0.337 e. The fourth-order valence-electron chi connectivity index (χ4n) is 2.45. The van der Waals surface area contributed by atoms with Crippen LogP contribution in [0, 0.1) is 12.8 Å². The molecule has 1 aromatic rings. The molecular weight excluding hydrogens is 272 g/mol. The number of nitrogens with one attached hydrogen (secondary N) is 2. The van der Waals surface area contributed by atoms with Crippen LogP contribution in [0.5, 0.6) is 0 Å². The predicted molar refractivity (Wildman–Crippen MR) is 78.5 cm³/mol. The van der Waals surface area contributed by atoms with E-state index < -0.39 is 5.97 Å². The summed E-state index contributed by atoms with van der Waals surface area (Å²) in [6, 6.07) is 4.91. The van der Waals surface area contributed by atoms with Gasteiger partial charge in [-0.05, 0) is 25.6 Å². The Bertz CT molecular complexity index is 544. The summed E-state index contributed by atoms with van der Waals surface area (Å²) < 4.78 is 5.34. The molecule has 1 fully saturated rings. The van der Waals surface area contributed by atoms with Crippen LogP contribution in [0.2, 0.25) is 0 Å². The molecule has 1 heterocycles. The SMILES string of the molecule is CCNC1COCC1C(=O)Nc1ccc(C)cc1C(=O)O. The number of carbonyl (C=O) groups excluding carboxylic acids is 1. The zero-order valence-electron chi connectivity index (χ0n) is 12.2. The van der Waals surface area contributed by atoms with E-state index in [1.165, 1.54) is 0 Å². The van der Waals surface area contributed by atoms with Crippen LogP contribution in [0.1, 0.15) is 22.8 Å². The Morgan fingerprint density at radius 3 is 2.81 bits per heavy atom.